The van der Waals surface area contributed by atoms with Gasteiger partial charge in [0.2, 0.25) is 0 Å². The van der Waals surface area contributed by atoms with Crippen LogP contribution in [0.4, 0.5) is 0 Å². The molecule has 0 heterocycles. The second-order valence-electron chi connectivity index (χ2n) is 7.49. The second-order valence-corrected chi connectivity index (χ2v) is 7.49. The molecule has 0 aromatic heterocycles. The molecule has 0 N–H and O–H groups in total. The standard InChI is InChI=1S/C20H44N6O3/c1-23(2)19(24(3)4)21-11-9-13-27-15-17-29-18-16-28-14-10-12-22-20(25(5)6)26(7)8/h9-18H2,1-8H3. The van der Waals surface area contributed by atoms with Gasteiger partial charge in [-0.1, -0.05) is 0 Å². The van der Waals surface area contributed by atoms with Gasteiger partial charge in [0.05, 0.1) is 26.4 Å². The normalized spacial score (nSPS) is 10.5. The minimum absolute atomic E-state index is 0.590. The molecule has 0 bridgehead atoms. The molecule has 172 valence electrons. The third kappa shape index (κ3) is 15.0. The molecule has 0 aliphatic rings. The molecule has 9 nitrogen and oxygen atoms in total. The molecule has 0 radical (unpaired) electrons. The van der Waals surface area contributed by atoms with E-state index in [1.165, 1.54) is 0 Å². The summed E-state index contributed by atoms with van der Waals surface area (Å²) in [5, 5.41) is 0. The Hall–Kier alpha value is -1.58. The van der Waals surface area contributed by atoms with E-state index < -0.39 is 0 Å². The quantitative estimate of drug-likeness (QED) is 0.235. The fourth-order valence-corrected chi connectivity index (χ4v) is 2.60. The highest BCUT2D eigenvalue weighted by molar-refractivity contribution is 5.79. The molecule has 29 heavy (non-hydrogen) atoms. The fourth-order valence-electron chi connectivity index (χ4n) is 2.60. The molecule has 0 unspecified atom stereocenters. The van der Waals surface area contributed by atoms with Crippen LogP contribution in [0, 0.1) is 0 Å². The van der Waals surface area contributed by atoms with Crippen molar-refractivity contribution in [2.45, 2.75) is 12.8 Å². The van der Waals surface area contributed by atoms with Crippen LogP contribution in [0.2, 0.25) is 0 Å². The first kappa shape index (κ1) is 27.4. The number of guanidine groups is 2. The van der Waals surface area contributed by atoms with Crippen LogP contribution >= 0.6 is 0 Å². The summed E-state index contributed by atoms with van der Waals surface area (Å²) in [5.74, 6) is 1.94. The Bertz CT molecular complexity index is 393. The molecule has 0 atom stereocenters. The topological polar surface area (TPSA) is 65.4 Å². The molecule has 0 aromatic carbocycles. The lowest BCUT2D eigenvalue weighted by Crippen LogP contribution is -2.35. The Morgan fingerprint density at radius 1 is 0.483 bits per heavy atom. The molecule has 9 heteroatoms. The van der Waals surface area contributed by atoms with Crippen LogP contribution in [0.3, 0.4) is 0 Å². The fraction of sp³-hybridized carbons (Fsp3) is 0.900. The van der Waals surface area contributed by atoms with Gasteiger partial charge >= 0.3 is 0 Å². The van der Waals surface area contributed by atoms with Crippen LogP contribution in [0.15, 0.2) is 9.98 Å². The van der Waals surface area contributed by atoms with Gasteiger partial charge in [-0.25, -0.2) is 0 Å². The van der Waals surface area contributed by atoms with Crippen LogP contribution in [0.5, 0.6) is 0 Å². The Morgan fingerprint density at radius 2 is 0.759 bits per heavy atom. The van der Waals surface area contributed by atoms with Crippen molar-refractivity contribution in [3.05, 3.63) is 0 Å². The van der Waals surface area contributed by atoms with Crippen LogP contribution in [0.25, 0.3) is 0 Å². The average Bonchev–Trinajstić information content (AvgIpc) is 2.62. The maximum absolute atomic E-state index is 5.57. The number of hydrogen-bond donors (Lipinski definition) is 0. The van der Waals surface area contributed by atoms with Gasteiger partial charge in [0.25, 0.3) is 0 Å². The summed E-state index contributed by atoms with van der Waals surface area (Å²) in [7, 11) is 16.0. The lowest BCUT2D eigenvalue weighted by molar-refractivity contribution is 0.0143. The molecule has 0 aromatic rings. The zero-order valence-electron chi connectivity index (χ0n) is 20.0. The van der Waals surface area contributed by atoms with Gasteiger partial charge in [0, 0.05) is 82.7 Å². The van der Waals surface area contributed by atoms with Crippen LogP contribution < -0.4 is 0 Å². The van der Waals surface area contributed by atoms with E-state index in [4.69, 9.17) is 14.2 Å². The first-order valence-electron chi connectivity index (χ1n) is 10.3. The highest BCUT2D eigenvalue weighted by Crippen LogP contribution is 1.93. The molecule has 0 spiro atoms. The molecule has 0 fully saturated rings. The maximum Gasteiger partial charge on any atom is 0.195 e. The first-order valence-corrected chi connectivity index (χ1v) is 10.3. The Morgan fingerprint density at radius 3 is 1.03 bits per heavy atom. The summed E-state index contributed by atoms with van der Waals surface area (Å²) >= 11 is 0. The number of rotatable bonds is 14. The number of aliphatic imine (C=N–C) groups is 2. The third-order valence-corrected chi connectivity index (χ3v) is 3.74. The van der Waals surface area contributed by atoms with Crippen molar-refractivity contribution in [1.29, 1.82) is 0 Å². The van der Waals surface area contributed by atoms with E-state index in [1.807, 2.05) is 76.0 Å². The van der Waals surface area contributed by atoms with E-state index >= 15 is 0 Å². The Labute approximate surface area is 178 Å². The predicted octanol–water partition coefficient (Wildman–Crippen LogP) is 0.775. The maximum atomic E-state index is 5.57. The van der Waals surface area contributed by atoms with E-state index in [9.17, 15) is 0 Å². The van der Waals surface area contributed by atoms with Crippen LogP contribution in [-0.4, -0.2) is 141 Å². The number of hydrogen-bond acceptors (Lipinski definition) is 5. The van der Waals surface area contributed by atoms with Gasteiger partial charge in [-0.05, 0) is 12.8 Å². The van der Waals surface area contributed by atoms with E-state index in [0.717, 1.165) is 37.9 Å². The Kier molecular flexibility index (Phi) is 16.4. The second kappa shape index (κ2) is 17.3. The van der Waals surface area contributed by atoms with Crippen LogP contribution in [0.1, 0.15) is 12.8 Å². The number of nitrogens with zero attached hydrogens (tertiary/aromatic N) is 6. The molecule has 0 aliphatic carbocycles. The van der Waals surface area contributed by atoms with Crippen molar-refractivity contribution in [2.24, 2.45) is 9.98 Å². The lowest BCUT2D eigenvalue weighted by Gasteiger charge is -2.22. The minimum Gasteiger partial charge on any atom is -0.379 e. The summed E-state index contributed by atoms with van der Waals surface area (Å²) in [4.78, 5) is 17.2. The Balaban J connectivity index is 3.50. The largest absolute Gasteiger partial charge is 0.379 e. The van der Waals surface area contributed by atoms with Gasteiger partial charge in [0.1, 0.15) is 0 Å². The van der Waals surface area contributed by atoms with E-state index in [2.05, 4.69) is 9.98 Å². The molecule has 0 saturated carbocycles. The van der Waals surface area contributed by atoms with E-state index in [-0.39, 0.29) is 0 Å². The lowest BCUT2D eigenvalue weighted by atomic mass is 10.4. The van der Waals surface area contributed by atoms with E-state index in [1.54, 1.807) is 0 Å². The van der Waals surface area contributed by atoms with Crippen molar-refractivity contribution in [3.8, 4) is 0 Å². The third-order valence-electron chi connectivity index (χ3n) is 3.74. The average molecular weight is 417 g/mol. The van der Waals surface area contributed by atoms with Crippen molar-refractivity contribution < 1.29 is 14.2 Å². The highest BCUT2D eigenvalue weighted by atomic mass is 16.5. The van der Waals surface area contributed by atoms with Crippen molar-refractivity contribution >= 4 is 11.9 Å². The molecular weight excluding hydrogens is 372 g/mol. The van der Waals surface area contributed by atoms with Gasteiger partial charge in [-0.3, -0.25) is 9.98 Å². The summed E-state index contributed by atoms with van der Waals surface area (Å²) in [6.07, 6.45) is 1.81. The zero-order valence-corrected chi connectivity index (χ0v) is 20.0. The van der Waals surface area contributed by atoms with Gasteiger partial charge < -0.3 is 33.8 Å². The van der Waals surface area contributed by atoms with Crippen molar-refractivity contribution in [3.63, 3.8) is 0 Å². The zero-order chi connectivity index (χ0) is 22.1. The molecule has 0 saturated heterocycles. The van der Waals surface area contributed by atoms with Gasteiger partial charge in [-0.15, -0.1) is 0 Å². The predicted molar refractivity (Wildman–Crippen MR) is 121 cm³/mol. The summed E-state index contributed by atoms with van der Waals surface area (Å²) in [5.41, 5.74) is 0. The monoisotopic (exact) mass is 416 g/mol. The van der Waals surface area contributed by atoms with E-state index in [0.29, 0.717) is 39.6 Å². The minimum atomic E-state index is 0.590. The first-order chi connectivity index (χ1) is 13.8. The summed E-state index contributed by atoms with van der Waals surface area (Å²) < 4.78 is 16.7. The molecule has 0 amide bonds. The number of ether oxygens (including phenoxy) is 3. The molecular formula is C20H44N6O3. The SMILES string of the molecule is CN(C)C(=NCCCOCCOCCOCCCN=C(N(C)C)N(C)C)N(C)C. The summed E-state index contributed by atoms with van der Waals surface area (Å²) in [6.45, 7) is 5.29. The molecule has 0 rings (SSSR count). The van der Waals surface area contributed by atoms with Crippen LogP contribution in [-0.2, 0) is 14.2 Å². The van der Waals surface area contributed by atoms with Crippen molar-refractivity contribution in [1.82, 2.24) is 19.6 Å². The van der Waals surface area contributed by atoms with Gasteiger partial charge in [-0.2, -0.15) is 0 Å². The smallest absolute Gasteiger partial charge is 0.195 e. The summed E-state index contributed by atoms with van der Waals surface area (Å²) in [6, 6.07) is 0. The van der Waals surface area contributed by atoms with Gasteiger partial charge in [0.15, 0.2) is 11.9 Å². The highest BCUT2D eigenvalue weighted by Gasteiger charge is 2.03. The van der Waals surface area contributed by atoms with Crippen molar-refractivity contribution in [2.75, 3.05) is 109 Å². The molecule has 0 aliphatic heterocycles.